The predicted molar refractivity (Wildman–Crippen MR) is 183 cm³/mol. The Labute approximate surface area is 306 Å². The molecule has 18 N–H and O–H groups in total. The van der Waals surface area contributed by atoms with Gasteiger partial charge in [-0.3, -0.25) is 24.4 Å². The number of nitrogen functional groups attached to an aromatic ring is 2. The third-order valence-electron chi connectivity index (χ3n) is 6.60. The lowest BCUT2D eigenvalue weighted by atomic mass is 10.0. The van der Waals surface area contributed by atoms with Crippen molar-refractivity contribution in [2.75, 3.05) is 35.6 Å². The zero-order valence-electron chi connectivity index (χ0n) is 27.7. The summed E-state index contributed by atoms with van der Waals surface area (Å²) >= 11 is 1.96. The second kappa shape index (κ2) is 19.0. The number of hydrogen-bond acceptors (Lipinski definition) is 17. The first-order valence-corrected chi connectivity index (χ1v) is 16.9. The highest BCUT2D eigenvalue weighted by atomic mass is 32.3. The van der Waals surface area contributed by atoms with Crippen molar-refractivity contribution in [3.63, 3.8) is 0 Å². The number of rotatable bonds is 12. The number of nitrogens with zero attached hydrogens (tertiary/aromatic N) is 6. The zero-order chi connectivity index (χ0) is 37.7. The summed E-state index contributed by atoms with van der Waals surface area (Å²) in [5.41, 5.74) is 15.2. The molecule has 2 aliphatic rings. The van der Waals surface area contributed by atoms with E-state index in [2.05, 4.69) is 30.5 Å². The number of thioether (sulfide) groups is 1. The van der Waals surface area contributed by atoms with Gasteiger partial charge in [-0.25, -0.2) is 22.8 Å². The molecule has 1 saturated heterocycles. The quantitative estimate of drug-likeness (QED) is 0.0240. The number of anilines is 3. The molecule has 2 atom stereocenters. The average molecular weight is 819 g/mol. The lowest BCUT2D eigenvalue weighted by molar-refractivity contribution is -0.765. The third kappa shape index (κ3) is 11.9. The van der Waals surface area contributed by atoms with Crippen molar-refractivity contribution in [1.82, 2.24) is 29.6 Å². The van der Waals surface area contributed by atoms with E-state index in [4.69, 9.17) is 39.6 Å². The van der Waals surface area contributed by atoms with E-state index >= 15 is 0 Å². The Morgan fingerprint density at radius 3 is 2.32 bits per heavy atom. The first-order chi connectivity index (χ1) is 23.2. The maximum atomic E-state index is 13.3. The highest BCUT2D eigenvalue weighted by Crippen LogP contribution is 2.40. The SMILES string of the molecule is Cn1c(N)c(NC(=O)NCCN)c[n+]1CC1=C(C(=O)O)N2C(=O)[C@@H](NC(=O)/C(=N/OC(C)(C)C(=O)O)c3nsc(N)n3)[C@H]2SC1.O.O.O.O=S(=O)([O-])O. The Morgan fingerprint density at radius 1 is 1.21 bits per heavy atom. The van der Waals surface area contributed by atoms with Gasteiger partial charge < -0.3 is 63.9 Å². The Morgan fingerprint density at radius 2 is 1.81 bits per heavy atom. The van der Waals surface area contributed by atoms with Crippen molar-refractivity contribution < 1.29 is 77.7 Å². The molecular weight excluding hydrogens is 781 g/mol. The van der Waals surface area contributed by atoms with Crippen LogP contribution in [0, 0.1) is 0 Å². The van der Waals surface area contributed by atoms with Gasteiger partial charge in [0.2, 0.25) is 33.7 Å². The fourth-order valence-electron chi connectivity index (χ4n) is 4.14. The first-order valence-electron chi connectivity index (χ1n) is 13.7. The van der Waals surface area contributed by atoms with Crippen LogP contribution in [0.5, 0.6) is 0 Å². The molecule has 4 amide bonds. The Hall–Kier alpha value is -5.21. The summed E-state index contributed by atoms with van der Waals surface area (Å²) in [5.74, 6) is -4.28. The minimum Gasteiger partial charge on any atom is -0.726 e. The molecule has 4 heterocycles. The number of urea groups is 1. The van der Waals surface area contributed by atoms with Crippen LogP contribution in [0.3, 0.4) is 0 Å². The van der Waals surface area contributed by atoms with Gasteiger partial charge in [0.1, 0.15) is 17.1 Å². The van der Waals surface area contributed by atoms with Gasteiger partial charge in [-0.15, -0.1) is 21.1 Å². The number of aromatic nitrogens is 4. The molecule has 1 fully saturated rings. The minimum atomic E-state index is -4.92. The molecule has 27 nitrogen and oxygen atoms in total. The summed E-state index contributed by atoms with van der Waals surface area (Å²) in [7, 11) is -3.30. The van der Waals surface area contributed by atoms with Crippen LogP contribution >= 0.6 is 23.3 Å². The maximum absolute atomic E-state index is 13.3. The number of nitrogens with two attached hydrogens (primary N) is 3. The molecule has 4 rings (SSSR count). The van der Waals surface area contributed by atoms with Gasteiger partial charge in [0, 0.05) is 35.9 Å². The molecule has 298 valence electrons. The largest absolute Gasteiger partial charge is 0.726 e. The topological polar surface area (TPSA) is 471 Å². The number of β-lactam (4-membered cyclic amide) rings is 1. The van der Waals surface area contributed by atoms with Crippen molar-refractivity contribution in [3.05, 3.63) is 23.3 Å². The van der Waals surface area contributed by atoms with Crippen LogP contribution in [0.2, 0.25) is 0 Å². The van der Waals surface area contributed by atoms with E-state index in [1.54, 1.807) is 11.7 Å². The molecule has 0 aliphatic carbocycles. The minimum absolute atomic E-state index is 0. The first kappa shape index (κ1) is 47.8. The lowest BCUT2D eigenvalue weighted by Crippen LogP contribution is -2.71. The second-order valence-electron chi connectivity index (χ2n) is 10.6. The molecule has 53 heavy (non-hydrogen) atoms. The normalized spacial score (nSPS) is 16.5. The number of carboxylic acid groups (broad SMARTS) is 2. The van der Waals surface area contributed by atoms with E-state index in [0.29, 0.717) is 5.57 Å². The molecule has 0 unspecified atom stereocenters. The number of nitrogens with one attached hydrogen (secondary N) is 3. The molecule has 30 heteroatoms. The highest BCUT2D eigenvalue weighted by Gasteiger charge is 2.55. The van der Waals surface area contributed by atoms with E-state index in [1.807, 2.05) is 0 Å². The van der Waals surface area contributed by atoms with Crippen LogP contribution in [-0.4, -0.2) is 134 Å². The van der Waals surface area contributed by atoms with Crippen molar-refractivity contribution in [2.45, 2.75) is 37.4 Å². The lowest BCUT2D eigenvalue weighted by Gasteiger charge is -2.49. The van der Waals surface area contributed by atoms with Crippen LogP contribution in [0.15, 0.2) is 22.6 Å². The van der Waals surface area contributed by atoms with E-state index in [0.717, 1.165) is 16.4 Å². The molecular formula is C23H38N12O15S3. The van der Waals surface area contributed by atoms with Gasteiger partial charge in [0.15, 0.2) is 23.2 Å². The molecule has 0 radical (unpaired) electrons. The highest BCUT2D eigenvalue weighted by molar-refractivity contribution is 8.00. The van der Waals surface area contributed by atoms with Crippen LogP contribution in [0.4, 0.5) is 21.4 Å². The van der Waals surface area contributed by atoms with Crippen LogP contribution in [0.1, 0.15) is 19.7 Å². The molecule has 2 aromatic heterocycles. The smallest absolute Gasteiger partial charge is 0.352 e. The predicted octanol–water partition coefficient (Wildman–Crippen LogP) is -6.04. The number of oxime groups is 1. The summed E-state index contributed by atoms with van der Waals surface area (Å²) in [6.07, 6.45) is 1.52. The third-order valence-corrected chi connectivity index (χ3v) is 8.49. The number of carbonyl (C=O) groups excluding carboxylic acids is 3. The van der Waals surface area contributed by atoms with Crippen molar-refractivity contribution >= 4 is 85.8 Å². The van der Waals surface area contributed by atoms with Crippen LogP contribution in [0.25, 0.3) is 0 Å². The molecule has 0 saturated carbocycles. The summed E-state index contributed by atoms with van der Waals surface area (Å²) < 4.78 is 39.8. The van der Waals surface area contributed by atoms with Crippen molar-refractivity contribution in [2.24, 2.45) is 17.9 Å². The van der Waals surface area contributed by atoms with Crippen LogP contribution in [-0.2, 0) is 48.0 Å². The summed E-state index contributed by atoms with van der Waals surface area (Å²) in [4.78, 5) is 72.4. The molecule has 2 aromatic rings. The summed E-state index contributed by atoms with van der Waals surface area (Å²) in [6.45, 7) is 2.92. The van der Waals surface area contributed by atoms with Crippen molar-refractivity contribution in [1.29, 1.82) is 0 Å². The van der Waals surface area contributed by atoms with Gasteiger partial charge in [-0.05, 0) is 13.8 Å². The Balaban J connectivity index is 0.00000316. The Kier molecular flexibility index (Phi) is 17.2. The summed E-state index contributed by atoms with van der Waals surface area (Å²) in [5, 5.41) is 29.9. The molecule has 0 spiro atoms. The maximum Gasteiger partial charge on any atom is 0.352 e. The number of carboxylic acids is 2. The van der Waals surface area contributed by atoms with Gasteiger partial charge in [0.05, 0.1) is 7.05 Å². The standard InChI is InChI=1S/C23H30N12O8S2.H2O4S.3H2O/c1-23(2,20(40)41)43-31-11(15-30-21(26)45-32-15)16(36)29-12-17(37)35-13(19(38)39)9(8-44-18(12)35)6-34-7-10(14(25)33(34)3)28-22(42)27-5-4-24;1-5(2,3)4;;;/h7,12,18,25H,4-6,8,24H2,1-3H3,(H7,26,27,28,29,30,32,36,38,39,40,41,42);(H2,1,2,3,4);3*1H2/b31-11+;;;;/t12-,18-;;;;/m1..../s1. The fraction of sp³-hybridized carbons (Fsp3) is 0.435. The number of carbonyl (C=O) groups is 5. The number of fused-ring (bicyclic) bond motifs is 1. The molecule has 2 aliphatic heterocycles. The van der Waals surface area contributed by atoms with Crippen molar-refractivity contribution in [3.8, 4) is 0 Å². The number of aliphatic carboxylic acids is 2. The number of amides is 4. The van der Waals surface area contributed by atoms with Crippen LogP contribution < -0.4 is 37.8 Å². The Bertz CT molecular complexity index is 1850. The zero-order valence-corrected chi connectivity index (χ0v) is 30.2. The van der Waals surface area contributed by atoms with Gasteiger partial charge in [-0.1, -0.05) is 5.16 Å². The van der Waals surface area contributed by atoms with E-state index in [9.17, 15) is 34.2 Å². The number of hydrogen-bond donors (Lipinski definition) is 9. The van der Waals surface area contributed by atoms with E-state index in [1.165, 1.54) is 36.5 Å². The fourth-order valence-corrected chi connectivity index (χ4v) is 5.91. The van der Waals surface area contributed by atoms with E-state index in [-0.39, 0.29) is 70.0 Å². The molecule has 0 bridgehead atoms. The second-order valence-corrected chi connectivity index (χ2v) is 13.3. The monoisotopic (exact) mass is 818 g/mol. The van der Waals surface area contributed by atoms with Gasteiger partial charge >= 0.3 is 18.0 Å². The molecule has 0 aromatic carbocycles. The average Bonchev–Trinajstić information content (AvgIpc) is 3.55. The summed E-state index contributed by atoms with van der Waals surface area (Å²) in [6, 6.07) is -1.68. The van der Waals surface area contributed by atoms with E-state index < -0.39 is 62.9 Å². The van der Waals surface area contributed by atoms with Gasteiger partial charge in [0.25, 0.3) is 11.8 Å². The van der Waals surface area contributed by atoms with Gasteiger partial charge in [-0.2, -0.15) is 9.36 Å².